The van der Waals surface area contributed by atoms with Gasteiger partial charge in [0.15, 0.2) is 0 Å². The third-order valence-electron chi connectivity index (χ3n) is 2.04. The second-order valence-corrected chi connectivity index (χ2v) is 3.59. The summed E-state index contributed by atoms with van der Waals surface area (Å²) in [5, 5.41) is 0.812. The lowest BCUT2D eigenvalue weighted by Gasteiger charge is -2.09. The molecule has 0 spiro atoms. The Hall–Kier alpha value is -0.490. The summed E-state index contributed by atoms with van der Waals surface area (Å²) in [5.41, 5.74) is 1.23. The van der Waals surface area contributed by atoms with E-state index in [1.165, 1.54) is 18.4 Å². The molecule has 0 aliphatic heterocycles. The summed E-state index contributed by atoms with van der Waals surface area (Å²) in [4.78, 5) is 0. The van der Waals surface area contributed by atoms with Crippen LogP contribution in [0.15, 0.2) is 18.2 Å². The highest BCUT2D eigenvalue weighted by atomic mass is 35.5. The largest absolute Gasteiger partial charge is 0.0843 e. The molecule has 1 rings (SSSR count). The van der Waals surface area contributed by atoms with E-state index in [0.29, 0.717) is 5.92 Å². The normalized spacial score (nSPS) is 12.9. The van der Waals surface area contributed by atoms with Gasteiger partial charge in [-0.15, -0.1) is 0 Å². The van der Waals surface area contributed by atoms with Gasteiger partial charge in [0.2, 0.25) is 0 Å². The van der Waals surface area contributed by atoms with Crippen LogP contribution in [0.4, 0.5) is 0 Å². The molecule has 0 fully saturated rings. The molecule has 0 aliphatic rings. The van der Waals surface area contributed by atoms with E-state index in [-0.39, 0.29) is 0 Å². The number of halogens is 1. The van der Waals surface area contributed by atoms with Crippen molar-refractivity contribution in [1.29, 1.82) is 0 Å². The Balaban J connectivity index is 2.73. The summed E-state index contributed by atoms with van der Waals surface area (Å²) in [7, 11) is 0. The average Bonchev–Trinajstić information content (AvgIpc) is 2.05. The zero-order valence-corrected chi connectivity index (χ0v) is 8.36. The molecule has 0 amide bonds. The van der Waals surface area contributed by atoms with Gasteiger partial charge in [0, 0.05) is 5.02 Å². The van der Waals surface area contributed by atoms with E-state index in [1.807, 2.05) is 18.2 Å². The Labute approximate surface area is 79.6 Å². The van der Waals surface area contributed by atoms with Gasteiger partial charge in [-0.05, 0) is 36.1 Å². The quantitative estimate of drug-likeness (QED) is 0.660. The van der Waals surface area contributed by atoms with Gasteiger partial charge < -0.3 is 0 Å². The molecule has 0 heterocycles. The summed E-state index contributed by atoms with van der Waals surface area (Å²) < 4.78 is 0. The first-order chi connectivity index (χ1) is 5.74. The second kappa shape index (κ2) is 4.51. The van der Waals surface area contributed by atoms with Crippen molar-refractivity contribution in [3.63, 3.8) is 0 Å². The number of benzene rings is 1. The van der Waals surface area contributed by atoms with Crippen LogP contribution in [-0.2, 0) is 0 Å². The summed E-state index contributed by atoms with van der Waals surface area (Å²) in [6, 6.07) is 8.97. The molecule has 1 atom stereocenters. The van der Waals surface area contributed by atoms with E-state index >= 15 is 0 Å². The number of hydrogen-bond donors (Lipinski definition) is 0. The molecular weight excluding hydrogens is 168 g/mol. The van der Waals surface area contributed by atoms with Crippen LogP contribution in [0, 0.1) is 6.07 Å². The van der Waals surface area contributed by atoms with Gasteiger partial charge in [0.05, 0.1) is 0 Å². The molecule has 0 N–H and O–H groups in total. The van der Waals surface area contributed by atoms with Gasteiger partial charge in [-0.3, -0.25) is 0 Å². The summed E-state index contributed by atoms with van der Waals surface area (Å²) >= 11 is 5.87. The smallest absolute Gasteiger partial charge is 0.0409 e. The lowest BCUT2D eigenvalue weighted by Crippen LogP contribution is -1.92. The maximum Gasteiger partial charge on any atom is 0.0409 e. The fourth-order valence-electron chi connectivity index (χ4n) is 1.33. The fraction of sp³-hybridized carbons (Fsp3) is 0.455. The molecule has 1 heteroatoms. The van der Waals surface area contributed by atoms with Crippen LogP contribution in [0.5, 0.6) is 0 Å². The topological polar surface area (TPSA) is 0 Å². The molecular formula is C11H14Cl. The molecule has 0 nitrogen and oxygen atoms in total. The lowest BCUT2D eigenvalue weighted by molar-refractivity contribution is 0.664. The van der Waals surface area contributed by atoms with Gasteiger partial charge in [-0.2, -0.15) is 0 Å². The predicted molar refractivity (Wildman–Crippen MR) is 53.6 cm³/mol. The minimum Gasteiger partial charge on any atom is -0.0843 e. The molecule has 1 aromatic carbocycles. The Morgan fingerprint density at radius 2 is 2.33 bits per heavy atom. The summed E-state index contributed by atoms with van der Waals surface area (Å²) in [6.07, 6.45) is 2.42. The Bertz CT molecular complexity index is 243. The zero-order chi connectivity index (χ0) is 8.97. The molecule has 12 heavy (non-hydrogen) atoms. The van der Waals surface area contributed by atoms with Crippen molar-refractivity contribution >= 4 is 11.6 Å². The molecule has 0 aromatic heterocycles. The van der Waals surface area contributed by atoms with E-state index in [0.717, 1.165) is 5.02 Å². The zero-order valence-electron chi connectivity index (χ0n) is 7.60. The third-order valence-corrected chi connectivity index (χ3v) is 2.27. The van der Waals surface area contributed by atoms with Crippen molar-refractivity contribution in [1.82, 2.24) is 0 Å². The van der Waals surface area contributed by atoms with Gasteiger partial charge in [0.1, 0.15) is 0 Å². The molecule has 1 unspecified atom stereocenters. The average molecular weight is 182 g/mol. The summed E-state index contributed by atoms with van der Waals surface area (Å²) in [5.74, 6) is 0.577. The standard InChI is InChI=1S/C11H14Cl/c1-3-5-9(2)10-6-4-7-11(12)8-10/h4,7-9H,3,5H2,1-2H3. The van der Waals surface area contributed by atoms with Crippen molar-refractivity contribution in [2.24, 2.45) is 0 Å². The highest BCUT2D eigenvalue weighted by molar-refractivity contribution is 6.30. The van der Waals surface area contributed by atoms with Gasteiger partial charge in [-0.25, -0.2) is 0 Å². The van der Waals surface area contributed by atoms with Gasteiger partial charge in [0.25, 0.3) is 0 Å². The SMILES string of the molecule is CCCC(C)c1[c]ccc(Cl)c1. The van der Waals surface area contributed by atoms with Crippen LogP contribution in [-0.4, -0.2) is 0 Å². The van der Waals surface area contributed by atoms with Crippen molar-refractivity contribution in [2.45, 2.75) is 32.6 Å². The highest BCUT2D eigenvalue weighted by Crippen LogP contribution is 2.22. The van der Waals surface area contributed by atoms with Crippen LogP contribution < -0.4 is 0 Å². The fourth-order valence-corrected chi connectivity index (χ4v) is 1.51. The molecule has 1 radical (unpaired) electrons. The van der Waals surface area contributed by atoms with Crippen molar-refractivity contribution in [3.05, 3.63) is 34.9 Å². The molecule has 65 valence electrons. The van der Waals surface area contributed by atoms with E-state index in [1.54, 1.807) is 0 Å². The van der Waals surface area contributed by atoms with Crippen LogP contribution >= 0.6 is 11.6 Å². The van der Waals surface area contributed by atoms with Crippen molar-refractivity contribution in [2.75, 3.05) is 0 Å². The van der Waals surface area contributed by atoms with Crippen LogP contribution in [0.3, 0.4) is 0 Å². The van der Waals surface area contributed by atoms with Gasteiger partial charge in [-0.1, -0.05) is 37.9 Å². The Kier molecular flexibility index (Phi) is 3.61. The van der Waals surface area contributed by atoms with E-state index < -0.39 is 0 Å². The van der Waals surface area contributed by atoms with E-state index in [2.05, 4.69) is 19.9 Å². The minimum absolute atomic E-state index is 0.577. The Morgan fingerprint density at radius 1 is 1.58 bits per heavy atom. The molecule has 0 saturated heterocycles. The minimum atomic E-state index is 0.577. The van der Waals surface area contributed by atoms with E-state index in [9.17, 15) is 0 Å². The van der Waals surface area contributed by atoms with Crippen molar-refractivity contribution in [3.8, 4) is 0 Å². The first-order valence-electron chi connectivity index (χ1n) is 4.41. The predicted octanol–water partition coefficient (Wildman–Crippen LogP) is 4.04. The van der Waals surface area contributed by atoms with Crippen molar-refractivity contribution < 1.29 is 0 Å². The second-order valence-electron chi connectivity index (χ2n) is 3.15. The monoisotopic (exact) mass is 181 g/mol. The lowest BCUT2D eigenvalue weighted by atomic mass is 9.97. The molecule has 0 saturated carbocycles. The van der Waals surface area contributed by atoms with Crippen LogP contribution in [0.25, 0.3) is 0 Å². The van der Waals surface area contributed by atoms with Crippen LogP contribution in [0.1, 0.15) is 38.2 Å². The van der Waals surface area contributed by atoms with E-state index in [4.69, 9.17) is 11.6 Å². The highest BCUT2D eigenvalue weighted by Gasteiger charge is 2.03. The maximum atomic E-state index is 5.87. The summed E-state index contributed by atoms with van der Waals surface area (Å²) in [6.45, 7) is 4.41. The third kappa shape index (κ3) is 2.53. The van der Waals surface area contributed by atoms with Gasteiger partial charge >= 0.3 is 0 Å². The maximum absolute atomic E-state index is 5.87. The number of hydrogen-bond acceptors (Lipinski definition) is 0. The number of rotatable bonds is 3. The molecule has 1 aromatic rings. The molecule has 0 bridgehead atoms. The first-order valence-corrected chi connectivity index (χ1v) is 4.79. The first kappa shape index (κ1) is 9.60. The Morgan fingerprint density at radius 3 is 2.92 bits per heavy atom. The molecule has 0 aliphatic carbocycles. The van der Waals surface area contributed by atoms with Crippen LogP contribution in [0.2, 0.25) is 5.02 Å².